The molecule has 0 saturated heterocycles. The minimum atomic E-state index is -4.52. The normalized spacial score (nSPS) is 10.8. The third-order valence-electron chi connectivity index (χ3n) is 3.07. The van der Waals surface area contributed by atoms with Crippen LogP contribution in [0.15, 0.2) is 47.4 Å². The second-order valence-electron chi connectivity index (χ2n) is 4.70. The smallest absolute Gasteiger partial charge is 0.339 e. The molecule has 0 N–H and O–H groups in total. The monoisotopic (exact) mass is 368 g/mol. The van der Waals surface area contributed by atoms with Gasteiger partial charge in [0.2, 0.25) is 0 Å². The van der Waals surface area contributed by atoms with Gasteiger partial charge >= 0.3 is 22.1 Å². The number of carbonyl (C=O) groups excluding carboxylic acids is 2. The highest BCUT2D eigenvalue weighted by molar-refractivity contribution is 7.87. The Kier molecular flexibility index (Phi) is 5.38. The fourth-order valence-electron chi connectivity index (χ4n) is 1.89. The molecule has 0 aliphatic carbocycles. The Morgan fingerprint density at radius 1 is 0.920 bits per heavy atom. The highest BCUT2D eigenvalue weighted by Gasteiger charge is 2.23. The van der Waals surface area contributed by atoms with Crippen molar-refractivity contribution in [3.63, 3.8) is 0 Å². The molecule has 7 nitrogen and oxygen atoms in total. The summed E-state index contributed by atoms with van der Waals surface area (Å²) >= 11 is 0. The van der Waals surface area contributed by atoms with Gasteiger partial charge in [-0.3, -0.25) is 0 Å². The predicted molar refractivity (Wildman–Crippen MR) is 83.3 cm³/mol. The first-order valence-electron chi connectivity index (χ1n) is 6.79. The first-order chi connectivity index (χ1) is 11.8. The van der Waals surface area contributed by atoms with Crippen LogP contribution in [0.25, 0.3) is 0 Å². The number of hydrogen-bond donors (Lipinski definition) is 0. The lowest BCUT2D eigenvalue weighted by molar-refractivity contribution is 0.0598. The van der Waals surface area contributed by atoms with Crippen LogP contribution in [-0.2, 0) is 19.6 Å². The van der Waals surface area contributed by atoms with E-state index in [1.165, 1.54) is 12.1 Å². The Balaban J connectivity index is 2.54. The van der Waals surface area contributed by atoms with Crippen molar-refractivity contribution in [2.75, 3.05) is 14.2 Å². The molecule has 132 valence electrons. The molecule has 0 aliphatic rings. The van der Waals surface area contributed by atoms with Crippen LogP contribution >= 0.6 is 0 Å². The number of halogens is 1. The van der Waals surface area contributed by atoms with Crippen LogP contribution in [0.2, 0.25) is 0 Å². The molecule has 2 rings (SSSR count). The Bertz CT molecular complexity index is 888. The molecule has 0 radical (unpaired) electrons. The first kappa shape index (κ1) is 18.4. The van der Waals surface area contributed by atoms with E-state index in [0.29, 0.717) is 0 Å². The Morgan fingerprint density at radius 2 is 1.44 bits per heavy atom. The molecular formula is C16H13FO7S. The van der Waals surface area contributed by atoms with Crippen LogP contribution in [0, 0.1) is 5.82 Å². The Hall–Kier alpha value is -2.94. The van der Waals surface area contributed by atoms with Gasteiger partial charge in [0.15, 0.2) is 11.6 Å². The van der Waals surface area contributed by atoms with Crippen molar-refractivity contribution < 1.29 is 36.1 Å². The number of methoxy groups -OCH3 is 2. The summed E-state index contributed by atoms with van der Waals surface area (Å²) in [6.45, 7) is 0. The Labute approximate surface area is 143 Å². The van der Waals surface area contributed by atoms with E-state index in [4.69, 9.17) is 4.18 Å². The van der Waals surface area contributed by atoms with Gasteiger partial charge in [-0.25, -0.2) is 14.0 Å². The van der Waals surface area contributed by atoms with Crippen molar-refractivity contribution in [1.29, 1.82) is 0 Å². The molecule has 0 aromatic heterocycles. The van der Waals surface area contributed by atoms with Gasteiger partial charge in [0.05, 0.1) is 25.3 Å². The van der Waals surface area contributed by atoms with Crippen molar-refractivity contribution in [2.24, 2.45) is 0 Å². The van der Waals surface area contributed by atoms with E-state index in [0.717, 1.165) is 44.6 Å². The molecular weight excluding hydrogens is 355 g/mol. The second-order valence-corrected chi connectivity index (χ2v) is 6.24. The molecule has 2 aromatic carbocycles. The topological polar surface area (TPSA) is 96.0 Å². The van der Waals surface area contributed by atoms with Crippen LogP contribution in [0.4, 0.5) is 4.39 Å². The van der Waals surface area contributed by atoms with Crippen LogP contribution < -0.4 is 4.18 Å². The maximum absolute atomic E-state index is 13.6. The summed E-state index contributed by atoms with van der Waals surface area (Å²) in [4.78, 5) is 22.9. The summed E-state index contributed by atoms with van der Waals surface area (Å²) in [7, 11) is -2.33. The molecule has 0 atom stereocenters. The van der Waals surface area contributed by atoms with Gasteiger partial charge in [0.1, 0.15) is 4.90 Å². The standard InChI is InChI=1S/C16H13FO7S/c1-22-15(18)10-7-11(16(19)23-2)9-12(8-10)25(20,21)24-14-6-4-3-5-13(14)17/h3-9H,1-2H3. The van der Waals surface area contributed by atoms with E-state index in [1.807, 2.05) is 0 Å². The molecule has 0 aliphatic heterocycles. The number of benzene rings is 2. The number of ether oxygens (including phenoxy) is 2. The first-order valence-corrected chi connectivity index (χ1v) is 8.20. The quantitative estimate of drug-likeness (QED) is 0.589. The molecule has 0 saturated carbocycles. The van der Waals surface area contributed by atoms with E-state index < -0.39 is 38.5 Å². The third-order valence-corrected chi connectivity index (χ3v) is 4.29. The second kappa shape index (κ2) is 7.31. The summed E-state index contributed by atoms with van der Waals surface area (Å²) < 4.78 is 52.2. The summed E-state index contributed by atoms with van der Waals surface area (Å²) in [5, 5.41) is 0. The molecule has 0 bridgehead atoms. The fourth-order valence-corrected chi connectivity index (χ4v) is 2.90. The summed E-state index contributed by atoms with van der Waals surface area (Å²) in [5.74, 6) is -3.14. The molecule has 0 unspecified atom stereocenters. The van der Waals surface area contributed by atoms with E-state index in [1.54, 1.807) is 0 Å². The number of esters is 2. The lowest BCUT2D eigenvalue weighted by Gasteiger charge is -2.10. The van der Waals surface area contributed by atoms with Crippen molar-refractivity contribution in [3.05, 3.63) is 59.4 Å². The van der Waals surface area contributed by atoms with Crippen LogP contribution in [0.5, 0.6) is 5.75 Å². The summed E-state index contributed by atoms with van der Waals surface area (Å²) in [6.07, 6.45) is 0. The van der Waals surface area contributed by atoms with Crippen LogP contribution in [0.1, 0.15) is 20.7 Å². The summed E-state index contributed by atoms with van der Waals surface area (Å²) in [6, 6.07) is 7.91. The molecule has 9 heteroatoms. The maximum Gasteiger partial charge on any atom is 0.339 e. The van der Waals surface area contributed by atoms with Crippen molar-refractivity contribution in [1.82, 2.24) is 0 Å². The Morgan fingerprint density at radius 3 is 1.92 bits per heavy atom. The van der Waals surface area contributed by atoms with Gasteiger partial charge in [-0.2, -0.15) is 8.42 Å². The molecule has 0 heterocycles. The van der Waals surface area contributed by atoms with Gasteiger partial charge in [0.25, 0.3) is 0 Å². The third kappa shape index (κ3) is 4.13. The number of hydrogen-bond acceptors (Lipinski definition) is 7. The van der Waals surface area contributed by atoms with Crippen molar-refractivity contribution >= 4 is 22.1 Å². The van der Waals surface area contributed by atoms with Crippen molar-refractivity contribution in [2.45, 2.75) is 4.90 Å². The molecule has 0 fully saturated rings. The maximum atomic E-state index is 13.6. The average Bonchev–Trinajstić information content (AvgIpc) is 2.61. The number of carbonyl (C=O) groups is 2. The van der Waals surface area contributed by atoms with Crippen molar-refractivity contribution in [3.8, 4) is 5.75 Å². The minimum Gasteiger partial charge on any atom is -0.465 e. The largest absolute Gasteiger partial charge is 0.465 e. The van der Waals surface area contributed by atoms with Gasteiger partial charge in [-0.05, 0) is 30.3 Å². The van der Waals surface area contributed by atoms with E-state index in [9.17, 15) is 22.4 Å². The molecule has 25 heavy (non-hydrogen) atoms. The highest BCUT2D eigenvalue weighted by atomic mass is 32.2. The molecule has 0 spiro atoms. The minimum absolute atomic E-state index is 0.207. The SMILES string of the molecule is COC(=O)c1cc(C(=O)OC)cc(S(=O)(=O)Oc2ccccc2F)c1. The average molecular weight is 368 g/mol. The zero-order valence-electron chi connectivity index (χ0n) is 13.2. The van der Waals surface area contributed by atoms with Crippen LogP contribution in [0.3, 0.4) is 0 Å². The lowest BCUT2D eigenvalue weighted by atomic mass is 10.1. The van der Waals surface area contributed by atoms with Crippen LogP contribution in [-0.4, -0.2) is 34.6 Å². The van der Waals surface area contributed by atoms with E-state index in [2.05, 4.69) is 9.47 Å². The van der Waals surface area contributed by atoms with Gasteiger partial charge < -0.3 is 13.7 Å². The van der Waals surface area contributed by atoms with Gasteiger partial charge in [-0.15, -0.1) is 0 Å². The zero-order valence-corrected chi connectivity index (χ0v) is 14.0. The lowest BCUT2D eigenvalue weighted by Crippen LogP contribution is -2.14. The highest BCUT2D eigenvalue weighted by Crippen LogP contribution is 2.23. The van der Waals surface area contributed by atoms with E-state index >= 15 is 0 Å². The predicted octanol–water partition coefficient (Wildman–Crippen LogP) is 2.17. The molecule has 0 amide bonds. The number of rotatable bonds is 5. The van der Waals surface area contributed by atoms with Gasteiger partial charge in [-0.1, -0.05) is 12.1 Å². The zero-order chi connectivity index (χ0) is 18.6. The number of para-hydroxylation sites is 1. The fraction of sp³-hybridized carbons (Fsp3) is 0.125. The van der Waals surface area contributed by atoms with Gasteiger partial charge in [0, 0.05) is 0 Å². The van der Waals surface area contributed by atoms with E-state index in [-0.39, 0.29) is 11.1 Å². The molecule has 2 aromatic rings. The summed E-state index contributed by atoms with van der Waals surface area (Å²) in [5.41, 5.74) is -0.415.